The molecule has 1 aliphatic rings. The van der Waals surface area contributed by atoms with Crippen LogP contribution in [0.2, 0.25) is 5.02 Å². The minimum Gasteiger partial charge on any atom is -0.493 e. The molecule has 0 saturated heterocycles. The smallest absolute Gasteiger partial charge is 0.264 e. The van der Waals surface area contributed by atoms with Crippen molar-refractivity contribution in [1.29, 1.82) is 0 Å². The van der Waals surface area contributed by atoms with Gasteiger partial charge in [0.25, 0.3) is 5.91 Å². The fraction of sp³-hybridized carbons (Fsp3) is 0.312. The standard InChI is InChI=1S/C16H16ClNO3S/c1-20-13-5-10-3-4-18(8-11(10)6-14(13)21-2)16(19)15-7-12(17)9-22-15/h5-7,9H,3-4,8H2,1-2H3. The van der Waals surface area contributed by atoms with Crippen molar-refractivity contribution < 1.29 is 14.3 Å². The van der Waals surface area contributed by atoms with E-state index in [0.29, 0.717) is 28.7 Å². The van der Waals surface area contributed by atoms with Crippen LogP contribution < -0.4 is 9.47 Å². The molecule has 22 heavy (non-hydrogen) atoms. The van der Waals surface area contributed by atoms with E-state index in [0.717, 1.165) is 17.7 Å². The molecule has 0 radical (unpaired) electrons. The van der Waals surface area contributed by atoms with Gasteiger partial charge in [0.1, 0.15) is 0 Å². The minimum absolute atomic E-state index is 0.0253. The molecule has 1 amide bonds. The van der Waals surface area contributed by atoms with Crippen molar-refractivity contribution in [1.82, 2.24) is 4.90 Å². The summed E-state index contributed by atoms with van der Waals surface area (Å²) in [5.41, 5.74) is 2.30. The first-order chi connectivity index (χ1) is 10.6. The monoisotopic (exact) mass is 337 g/mol. The van der Waals surface area contributed by atoms with Gasteiger partial charge in [-0.2, -0.15) is 0 Å². The number of carbonyl (C=O) groups is 1. The summed E-state index contributed by atoms with van der Waals surface area (Å²) < 4.78 is 10.7. The number of thiophene rings is 1. The van der Waals surface area contributed by atoms with Gasteiger partial charge in [0.05, 0.1) is 24.1 Å². The first-order valence-corrected chi connectivity index (χ1v) is 8.15. The average molecular weight is 338 g/mol. The molecule has 0 atom stereocenters. The molecule has 2 aromatic rings. The molecule has 0 fully saturated rings. The van der Waals surface area contributed by atoms with E-state index in [1.54, 1.807) is 25.7 Å². The van der Waals surface area contributed by atoms with Crippen molar-refractivity contribution in [2.75, 3.05) is 20.8 Å². The number of rotatable bonds is 3. The lowest BCUT2D eigenvalue weighted by atomic mass is 9.98. The molecule has 4 nitrogen and oxygen atoms in total. The van der Waals surface area contributed by atoms with Crippen LogP contribution in [0.25, 0.3) is 0 Å². The van der Waals surface area contributed by atoms with E-state index >= 15 is 0 Å². The molecule has 1 aromatic carbocycles. The molecule has 1 aromatic heterocycles. The highest BCUT2D eigenvalue weighted by atomic mass is 35.5. The number of hydrogen-bond acceptors (Lipinski definition) is 4. The van der Waals surface area contributed by atoms with Crippen LogP contribution in [0.15, 0.2) is 23.6 Å². The molecule has 0 N–H and O–H groups in total. The van der Waals surface area contributed by atoms with Crippen molar-refractivity contribution in [3.8, 4) is 11.5 Å². The number of fused-ring (bicyclic) bond motifs is 1. The third-order valence-electron chi connectivity index (χ3n) is 3.78. The van der Waals surface area contributed by atoms with Gasteiger partial charge in [-0.3, -0.25) is 4.79 Å². The van der Waals surface area contributed by atoms with Gasteiger partial charge in [-0.25, -0.2) is 0 Å². The predicted molar refractivity (Wildman–Crippen MR) is 87.3 cm³/mol. The molecular weight excluding hydrogens is 322 g/mol. The SMILES string of the molecule is COc1cc2c(cc1OC)CN(C(=O)c1cc(Cl)cs1)CC2. The van der Waals surface area contributed by atoms with E-state index in [-0.39, 0.29) is 5.91 Å². The summed E-state index contributed by atoms with van der Waals surface area (Å²) in [6.45, 7) is 1.26. The maximum Gasteiger partial charge on any atom is 0.264 e. The van der Waals surface area contributed by atoms with Crippen molar-refractivity contribution in [3.63, 3.8) is 0 Å². The van der Waals surface area contributed by atoms with Crippen LogP contribution in [0.3, 0.4) is 0 Å². The Morgan fingerprint density at radius 2 is 1.86 bits per heavy atom. The van der Waals surface area contributed by atoms with E-state index in [9.17, 15) is 4.79 Å². The molecule has 6 heteroatoms. The highest BCUT2D eigenvalue weighted by molar-refractivity contribution is 7.12. The van der Waals surface area contributed by atoms with Gasteiger partial charge in [0.2, 0.25) is 0 Å². The normalized spacial score (nSPS) is 13.7. The number of benzene rings is 1. The highest BCUT2D eigenvalue weighted by Gasteiger charge is 2.24. The van der Waals surface area contributed by atoms with Gasteiger partial charge >= 0.3 is 0 Å². The van der Waals surface area contributed by atoms with Crippen LogP contribution in [0.5, 0.6) is 11.5 Å². The first-order valence-electron chi connectivity index (χ1n) is 6.89. The second-order valence-corrected chi connectivity index (χ2v) is 6.43. The number of methoxy groups -OCH3 is 2. The van der Waals surface area contributed by atoms with Gasteiger partial charge in [0.15, 0.2) is 11.5 Å². The third-order valence-corrected chi connectivity index (χ3v) is 5.05. The number of ether oxygens (including phenoxy) is 2. The maximum atomic E-state index is 12.5. The van der Waals surface area contributed by atoms with E-state index in [1.807, 2.05) is 17.0 Å². The molecule has 0 saturated carbocycles. The Morgan fingerprint density at radius 3 is 2.45 bits per heavy atom. The van der Waals surface area contributed by atoms with Crippen LogP contribution >= 0.6 is 22.9 Å². The zero-order valence-electron chi connectivity index (χ0n) is 12.4. The van der Waals surface area contributed by atoms with Crippen LogP contribution in [0.1, 0.15) is 20.8 Å². The molecule has 1 aliphatic heterocycles. The topological polar surface area (TPSA) is 38.8 Å². The van der Waals surface area contributed by atoms with Crippen LogP contribution in [-0.2, 0) is 13.0 Å². The van der Waals surface area contributed by atoms with Crippen molar-refractivity contribution >= 4 is 28.8 Å². The lowest BCUT2D eigenvalue weighted by Crippen LogP contribution is -2.35. The molecule has 0 spiro atoms. The third kappa shape index (κ3) is 2.78. The number of halogens is 1. The Balaban J connectivity index is 1.85. The van der Waals surface area contributed by atoms with Crippen LogP contribution in [0, 0.1) is 0 Å². The number of hydrogen-bond donors (Lipinski definition) is 0. The van der Waals surface area contributed by atoms with Crippen LogP contribution in [0.4, 0.5) is 0 Å². The lowest BCUT2D eigenvalue weighted by Gasteiger charge is -2.29. The molecule has 0 unspecified atom stereocenters. The Morgan fingerprint density at radius 1 is 1.18 bits per heavy atom. The Bertz CT molecular complexity index is 713. The molecule has 116 valence electrons. The fourth-order valence-corrected chi connectivity index (χ4v) is 3.68. The largest absolute Gasteiger partial charge is 0.493 e. The molecule has 0 bridgehead atoms. The summed E-state index contributed by atoms with van der Waals surface area (Å²) in [6.07, 6.45) is 0.806. The summed E-state index contributed by atoms with van der Waals surface area (Å²) >= 11 is 7.29. The Labute approximate surface area is 138 Å². The molecule has 3 rings (SSSR count). The van der Waals surface area contributed by atoms with Gasteiger partial charge in [-0.15, -0.1) is 11.3 Å². The summed E-state index contributed by atoms with van der Waals surface area (Å²) in [4.78, 5) is 15.0. The number of amides is 1. The van der Waals surface area contributed by atoms with E-state index in [2.05, 4.69) is 0 Å². The number of carbonyl (C=O) groups excluding carboxylic acids is 1. The van der Waals surface area contributed by atoms with Crippen LogP contribution in [-0.4, -0.2) is 31.6 Å². The molecular formula is C16H16ClNO3S. The van der Waals surface area contributed by atoms with Crippen molar-refractivity contribution in [2.45, 2.75) is 13.0 Å². The van der Waals surface area contributed by atoms with Gasteiger partial charge in [-0.1, -0.05) is 11.6 Å². The summed E-state index contributed by atoms with van der Waals surface area (Å²) in [7, 11) is 3.24. The maximum absolute atomic E-state index is 12.5. The minimum atomic E-state index is 0.0253. The zero-order valence-corrected chi connectivity index (χ0v) is 14.0. The second-order valence-electron chi connectivity index (χ2n) is 5.08. The lowest BCUT2D eigenvalue weighted by molar-refractivity contribution is 0.0739. The first kappa shape index (κ1) is 15.2. The summed E-state index contributed by atoms with van der Waals surface area (Å²) in [6, 6.07) is 5.67. The van der Waals surface area contributed by atoms with E-state index in [4.69, 9.17) is 21.1 Å². The second kappa shape index (κ2) is 6.18. The predicted octanol–water partition coefficient (Wildman–Crippen LogP) is 3.62. The zero-order chi connectivity index (χ0) is 15.7. The van der Waals surface area contributed by atoms with E-state index < -0.39 is 0 Å². The van der Waals surface area contributed by atoms with Crippen molar-refractivity contribution in [2.24, 2.45) is 0 Å². The van der Waals surface area contributed by atoms with E-state index in [1.165, 1.54) is 16.9 Å². The average Bonchev–Trinajstić information content (AvgIpc) is 2.98. The van der Waals surface area contributed by atoms with Crippen molar-refractivity contribution in [3.05, 3.63) is 44.6 Å². The summed E-state index contributed by atoms with van der Waals surface area (Å²) in [5, 5.41) is 2.39. The quantitative estimate of drug-likeness (QED) is 0.858. The molecule has 2 heterocycles. The number of nitrogens with zero attached hydrogens (tertiary/aromatic N) is 1. The fourth-order valence-electron chi connectivity index (χ4n) is 2.64. The van der Waals surface area contributed by atoms with Gasteiger partial charge in [-0.05, 0) is 35.7 Å². The highest BCUT2D eigenvalue weighted by Crippen LogP contribution is 2.33. The van der Waals surface area contributed by atoms with Gasteiger partial charge in [0, 0.05) is 18.5 Å². The molecule has 0 aliphatic carbocycles. The summed E-state index contributed by atoms with van der Waals surface area (Å²) in [5.74, 6) is 1.44. The van der Waals surface area contributed by atoms with Gasteiger partial charge < -0.3 is 14.4 Å². The Hall–Kier alpha value is -1.72. The Kier molecular flexibility index (Phi) is 4.27.